The number of rotatable bonds is 7. The monoisotopic (exact) mass is 301 g/mol. The Morgan fingerprint density at radius 2 is 2.18 bits per heavy atom. The number of amides is 1. The van der Waals surface area contributed by atoms with Crippen molar-refractivity contribution < 1.29 is 9.90 Å². The molecule has 7 nitrogen and oxygen atoms in total. The highest BCUT2D eigenvalue weighted by atomic mass is 16.3. The van der Waals surface area contributed by atoms with E-state index in [1.54, 1.807) is 17.1 Å². The average Bonchev–Trinajstić information content (AvgIpc) is 2.97. The minimum absolute atomic E-state index is 0.00661. The molecule has 0 aliphatic rings. The molecule has 0 saturated carbocycles. The zero-order valence-corrected chi connectivity index (χ0v) is 12.1. The van der Waals surface area contributed by atoms with Gasteiger partial charge in [0.15, 0.2) is 5.82 Å². The van der Waals surface area contributed by atoms with Gasteiger partial charge in [0.1, 0.15) is 0 Å². The fourth-order valence-electron chi connectivity index (χ4n) is 2.14. The lowest BCUT2D eigenvalue weighted by Crippen LogP contribution is -2.28. The van der Waals surface area contributed by atoms with Gasteiger partial charge in [0.25, 0.3) is 0 Å². The molecule has 0 saturated heterocycles. The van der Waals surface area contributed by atoms with Crippen molar-refractivity contribution in [2.75, 3.05) is 11.9 Å². The lowest BCUT2D eigenvalue weighted by atomic mass is 10.1. The second kappa shape index (κ2) is 7.94. The number of carbonyl (C=O) groups excluding carboxylic acids is 1. The lowest BCUT2D eigenvalue weighted by molar-refractivity contribution is -0.108. The number of imidazole rings is 1. The van der Waals surface area contributed by atoms with Gasteiger partial charge in [0.2, 0.25) is 12.4 Å². The van der Waals surface area contributed by atoms with E-state index < -0.39 is 0 Å². The number of nitrogens with zero attached hydrogens (tertiary/aromatic N) is 2. The van der Waals surface area contributed by atoms with Crippen LogP contribution in [-0.4, -0.2) is 33.6 Å². The molecule has 7 heteroatoms. The number of aryl methyl sites for hydroxylation is 1. The van der Waals surface area contributed by atoms with Gasteiger partial charge < -0.3 is 15.0 Å². The number of carbonyl (C=O) groups is 1. The summed E-state index contributed by atoms with van der Waals surface area (Å²) in [4.78, 5) is 14.3. The molecule has 2 rings (SSSR count). The molecule has 1 heterocycles. The molecule has 0 bridgehead atoms. The van der Waals surface area contributed by atoms with Crippen LogP contribution in [0.5, 0.6) is 0 Å². The minimum Gasteiger partial charge on any atom is -0.394 e. The van der Waals surface area contributed by atoms with Gasteiger partial charge in [-0.3, -0.25) is 15.5 Å². The van der Waals surface area contributed by atoms with Crippen molar-refractivity contribution in [2.45, 2.75) is 18.9 Å². The molecule has 2 aromatic rings. The molecule has 0 aliphatic heterocycles. The number of aromatic nitrogens is 2. The second-order valence-corrected chi connectivity index (χ2v) is 4.83. The summed E-state index contributed by atoms with van der Waals surface area (Å²) < 4.78 is 1.81. The Bertz CT molecular complexity index is 611. The van der Waals surface area contributed by atoms with Crippen molar-refractivity contribution in [3.63, 3.8) is 0 Å². The van der Waals surface area contributed by atoms with Crippen LogP contribution in [0.3, 0.4) is 0 Å². The molecule has 0 fully saturated rings. The van der Waals surface area contributed by atoms with Crippen LogP contribution in [0.15, 0.2) is 42.9 Å². The van der Waals surface area contributed by atoms with Crippen LogP contribution in [0, 0.1) is 5.41 Å². The van der Waals surface area contributed by atoms with Crippen LogP contribution in [-0.2, 0) is 11.2 Å². The van der Waals surface area contributed by atoms with E-state index in [4.69, 9.17) is 5.41 Å². The molecule has 1 unspecified atom stereocenters. The maximum atomic E-state index is 10.2. The molecule has 116 valence electrons. The quantitative estimate of drug-likeness (QED) is 0.350. The van der Waals surface area contributed by atoms with Crippen LogP contribution in [0.25, 0.3) is 0 Å². The predicted molar refractivity (Wildman–Crippen MR) is 83.7 cm³/mol. The number of aliphatic hydroxyl groups excluding tert-OH is 1. The van der Waals surface area contributed by atoms with Crippen LogP contribution >= 0.6 is 0 Å². The van der Waals surface area contributed by atoms with Crippen molar-refractivity contribution >= 4 is 18.2 Å². The molecule has 1 aromatic heterocycles. The maximum Gasteiger partial charge on any atom is 0.213 e. The topological polar surface area (TPSA) is 103 Å². The fourth-order valence-corrected chi connectivity index (χ4v) is 2.14. The lowest BCUT2D eigenvalue weighted by Gasteiger charge is -2.15. The summed E-state index contributed by atoms with van der Waals surface area (Å²) in [5, 5.41) is 21.8. The van der Waals surface area contributed by atoms with Crippen molar-refractivity contribution in [2.24, 2.45) is 0 Å². The number of hydrogen-bond donors (Lipinski definition) is 4. The average molecular weight is 301 g/mol. The number of hydrogen-bond acceptors (Lipinski definition) is 4. The number of nitrogens with one attached hydrogen (secondary N) is 3. The normalized spacial score (nSPS) is 11.7. The maximum absolute atomic E-state index is 10.2. The zero-order valence-electron chi connectivity index (χ0n) is 12.1. The Balaban J connectivity index is 1.94. The number of guanidine groups is 1. The standard InChI is InChI=1S/C15H19N5O2/c16-15(18-11-22)19-14-8-20(10-17-14)13(9-21)7-6-12-4-2-1-3-5-12/h1-5,8,10-11,13,21H,6-7,9H2,(H3,16,18,19,22). The van der Waals surface area contributed by atoms with Crippen LogP contribution in [0.2, 0.25) is 0 Å². The Labute approximate surface area is 128 Å². The highest BCUT2D eigenvalue weighted by Crippen LogP contribution is 2.17. The zero-order chi connectivity index (χ0) is 15.8. The number of benzene rings is 1. The summed E-state index contributed by atoms with van der Waals surface area (Å²) in [6, 6.07) is 9.99. The first kappa shape index (κ1) is 15.7. The summed E-state index contributed by atoms with van der Waals surface area (Å²) in [6.07, 6.45) is 5.36. The van der Waals surface area contributed by atoms with E-state index >= 15 is 0 Å². The summed E-state index contributed by atoms with van der Waals surface area (Å²) in [7, 11) is 0. The van der Waals surface area contributed by atoms with Gasteiger partial charge in [-0.1, -0.05) is 30.3 Å². The molecule has 1 aromatic carbocycles. The predicted octanol–water partition coefficient (Wildman–Crippen LogP) is 1.14. The van der Waals surface area contributed by atoms with Crippen molar-refractivity contribution in [1.82, 2.24) is 14.9 Å². The Morgan fingerprint density at radius 1 is 1.41 bits per heavy atom. The molecular weight excluding hydrogens is 282 g/mol. The summed E-state index contributed by atoms with van der Waals surface area (Å²) in [5.74, 6) is 0.294. The number of aliphatic hydroxyl groups is 1. The first-order valence-electron chi connectivity index (χ1n) is 6.97. The Kier molecular flexibility index (Phi) is 5.67. The SMILES string of the molecule is N=C(NC=O)Nc1cn(C(CO)CCc2ccccc2)cn1. The summed E-state index contributed by atoms with van der Waals surface area (Å²) >= 11 is 0. The molecule has 0 spiro atoms. The van der Waals surface area contributed by atoms with Crippen molar-refractivity contribution in [1.29, 1.82) is 5.41 Å². The van der Waals surface area contributed by atoms with Crippen LogP contribution in [0.4, 0.5) is 5.82 Å². The third-order valence-electron chi connectivity index (χ3n) is 3.30. The molecule has 22 heavy (non-hydrogen) atoms. The van der Waals surface area contributed by atoms with Crippen molar-refractivity contribution in [3.8, 4) is 0 Å². The highest BCUT2D eigenvalue weighted by Gasteiger charge is 2.11. The van der Waals surface area contributed by atoms with E-state index in [9.17, 15) is 9.90 Å². The van der Waals surface area contributed by atoms with E-state index in [-0.39, 0.29) is 18.6 Å². The third-order valence-corrected chi connectivity index (χ3v) is 3.30. The van der Waals surface area contributed by atoms with E-state index in [1.165, 1.54) is 5.56 Å². The van der Waals surface area contributed by atoms with E-state index in [0.29, 0.717) is 12.2 Å². The van der Waals surface area contributed by atoms with E-state index in [2.05, 4.69) is 27.8 Å². The van der Waals surface area contributed by atoms with Crippen LogP contribution < -0.4 is 10.6 Å². The molecular formula is C15H19N5O2. The highest BCUT2D eigenvalue weighted by molar-refractivity contribution is 5.96. The molecule has 0 radical (unpaired) electrons. The first-order chi connectivity index (χ1) is 10.7. The Hall–Kier alpha value is -2.67. The molecule has 1 atom stereocenters. The van der Waals surface area contributed by atoms with Gasteiger partial charge in [-0.25, -0.2) is 4.98 Å². The second-order valence-electron chi connectivity index (χ2n) is 4.83. The number of anilines is 1. The third kappa shape index (κ3) is 4.42. The van der Waals surface area contributed by atoms with Gasteiger partial charge in [0.05, 0.1) is 19.0 Å². The summed E-state index contributed by atoms with van der Waals surface area (Å²) in [6.45, 7) is 0.00661. The summed E-state index contributed by atoms with van der Waals surface area (Å²) in [5.41, 5.74) is 1.22. The van der Waals surface area contributed by atoms with Crippen LogP contribution in [0.1, 0.15) is 18.0 Å². The van der Waals surface area contributed by atoms with E-state index in [0.717, 1.165) is 12.8 Å². The molecule has 1 amide bonds. The first-order valence-corrected chi connectivity index (χ1v) is 6.97. The van der Waals surface area contributed by atoms with Gasteiger partial charge in [-0.05, 0) is 18.4 Å². The van der Waals surface area contributed by atoms with Crippen molar-refractivity contribution in [3.05, 3.63) is 48.4 Å². The smallest absolute Gasteiger partial charge is 0.213 e. The minimum atomic E-state index is -0.148. The molecule has 0 aliphatic carbocycles. The van der Waals surface area contributed by atoms with Gasteiger partial charge in [0, 0.05) is 6.20 Å². The van der Waals surface area contributed by atoms with Gasteiger partial charge in [-0.2, -0.15) is 0 Å². The fraction of sp³-hybridized carbons (Fsp3) is 0.267. The molecule has 4 N–H and O–H groups in total. The van der Waals surface area contributed by atoms with Gasteiger partial charge in [-0.15, -0.1) is 0 Å². The van der Waals surface area contributed by atoms with Gasteiger partial charge >= 0.3 is 0 Å². The largest absolute Gasteiger partial charge is 0.394 e. The van der Waals surface area contributed by atoms with E-state index in [1.807, 2.05) is 18.2 Å². The Morgan fingerprint density at radius 3 is 2.86 bits per heavy atom.